The number of amides is 2. The first-order valence-electron chi connectivity index (χ1n) is 5.36. The molecule has 2 aliphatic heterocycles. The van der Waals surface area contributed by atoms with Crippen molar-refractivity contribution in [3.63, 3.8) is 0 Å². The Morgan fingerprint density at radius 2 is 2.35 bits per heavy atom. The Bertz CT molecular complexity index is 381. The first-order chi connectivity index (χ1) is 8.02. The number of hydrogen-bond acceptors (Lipinski definition) is 5. The van der Waals surface area contributed by atoms with Crippen molar-refractivity contribution in [1.29, 1.82) is 0 Å². The molecule has 2 amide bonds. The van der Waals surface area contributed by atoms with Crippen LogP contribution in [-0.2, 0) is 9.53 Å². The van der Waals surface area contributed by atoms with Crippen LogP contribution in [0.1, 0.15) is 13.3 Å². The molecule has 0 radical (unpaired) electrons. The molecule has 7 heteroatoms. The van der Waals surface area contributed by atoms with Gasteiger partial charge in [-0.2, -0.15) is 4.99 Å². The summed E-state index contributed by atoms with van der Waals surface area (Å²) in [7, 11) is 0. The monoisotopic (exact) mass is 242 g/mol. The van der Waals surface area contributed by atoms with Gasteiger partial charge in [0.25, 0.3) is 0 Å². The van der Waals surface area contributed by atoms with E-state index in [9.17, 15) is 14.7 Å². The summed E-state index contributed by atoms with van der Waals surface area (Å²) in [6, 6.07) is -0.536. The van der Waals surface area contributed by atoms with E-state index < -0.39 is 24.5 Å². The Balaban J connectivity index is 2.03. The number of aliphatic hydroxyl groups excluding tert-OH is 2. The minimum atomic E-state index is -0.806. The number of aliphatic imine (C=N–C) groups is 1. The standard InChI is InChI=1S/C10H14N2O5/c1-5(14)6-3-12(10(16)11-6)9-2-7(15)8(4-13)17-9/h7-9,13,15H,2-4H2,1H3/t7-,8+,9+/m0/s1. The minimum absolute atomic E-state index is 0.101. The lowest BCUT2D eigenvalue weighted by Crippen LogP contribution is -2.38. The van der Waals surface area contributed by atoms with E-state index in [1.165, 1.54) is 11.8 Å². The number of carbonyl (C=O) groups is 2. The molecule has 0 spiro atoms. The summed E-state index contributed by atoms with van der Waals surface area (Å²) in [5.74, 6) is -0.252. The van der Waals surface area contributed by atoms with Gasteiger partial charge in [-0.15, -0.1) is 0 Å². The lowest BCUT2D eigenvalue weighted by Gasteiger charge is -2.22. The van der Waals surface area contributed by atoms with Crippen LogP contribution >= 0.6 is 0 Å². The van der Waals surface area contributed by atoms with E-state index in [-0.39, 0.29) is 31.1 Å². The van der Waals surface area contributed by atoms with E-state index in [1.54, 1.807) is 0 Å². The van der Waals surface area contributed by atoms with E-state index >= 15 is 0 Å². The number of ketones is 1. The highest BCUT2D eigenvalue weighted by Crippen LogP contribution is 2.25. The predicted molar refractivity (Wildman–Crippen MR) is 56.6 cm³/mol. The normalized spacial score (nSPS) is 33.1. The van der Waals surface area contributed by atoms with Crippen LogP contribution in [0.15, 0.2) is 4.99 Å². The van der Waals surface area contributed by atoms with E-state index in [1.807, 2.05) is 0 Å². The zero-order valence-electron chi connectivity index (χ0n) is 9.37. The second-order valence-electron chi connectivity index (χ2n) is 4.14. The molecule has 2 N–H and O–H groups in total. The van der Waals surface area contributed by atoms with Crippen molar-refractivity contribution in [1.82, 2.24) is 4.90 Å². The molecule has 2 aliphatic rings. The van der Waals surface area contributed by atoms with Gasteiger partial charge in [0, 0.05) is 13.3 Å². The highest BCUT2D eigenvalue weighted by molar-refractivity contribution is 6.42. The van der Waals surface area contributed by atoms with Crippen LogP contribution < -0.4 is 0 Å². The lowest BCUT2D eigenvalue weighted by atomic mass is 10.2. The van der Waals surface area contributed by atoms with Gasteiger partial charge in [0.15, 0.2) is 5.78 Å². The fourth-order valence-corrected chi connectivity index (χ4v) is 1.93. The number of Topliss-reactive ketones (excluding diaryl/α,β-unsaturated/α-hetero) is 1. The quantitative estimate of drug-likeness (QED) is 0.655. The highest BCUT2D eigenvalue weighted by atomic mass is 16.5. The van der Waals surface area contributed by atoms with Crippen molar-refractivity contribution in [3.8, 4) is 0 Å². The highest BCUT2D eigenvalue weighted by Gasteiger charge is 2.41. The molecule has 0 aromatic rings. The second-order valence-corrected chi connectivity index (χ2v) is 4.14. The van der Waals surface area contributed by atoms with Crippen molar-refractivity contribution < 1.29 is 24.5 Å². The molecule has 3 atom stereocenters. The number of urea groups is 1. The van der Waals surface area contributed by atoms with Gasteiger partial charge in [0.2, 0.25) is 0 Å². The molecule has 2 rings (SSSR count). The van der Waals surface area contributed by atoms with Crippen LogP contribution in [0.5, 0.6) is 0 Å². The molecular weight excluding hydrogens is 228 g/mol. The molecule has 94 valence electrons. The average molecular weight is 242 g/mol. The van der Waals surface area contributed by atoms with Gasteiger partial charge >= 0.3 is 6.03 Å². The third kappa shape index (κ3) is 2.21. The van der Waals surface area contributed by atoms with Crippen molar-refractivity contribution in [2.75, 3.05) is 13.2 Å². The van der Waals surface area contributed by atoms with Crippen LogP contribution in [0.2, 0.25) is 0 Å². The minimum Gasteiger partial charge on any atom is -0.394 e. The molecule has 7 nitrogen and oxygen atoms in total. The van der Waals surface area contributed by atoms with Crippen LogP contribution in [-0.4, -0.2) is 64.2 Å². The maximum atomic E-state index is 11.5. The van der Waals surface area contributed by atoms with E-state index in [0.29, 0.717) is 0 Å². The fourth-order valence-electron chi connectivity index (χ4n) is 1.93. The second kappa shape index (κ2) is 4.52. The van der Waals surface area contributed by atoms with Gasteiger partial charge in [-0.1, -0.05) is 0 Å². The number of hydrogen-bond donors (Lipinski definition) is 2. The summed E-state index contributed by atoms with van der Waals surface area (Å²) in [5, 5.41) is 18.5. The number of nitrogens with zero attached hydrogens (tertiary/aromatic N) is 2. The molecule has 1 fully saturated rings. The van der Waals surface area contributed by atoms with Gasteiger partial charge in [-0.25, -0.2) is 4.79 Å². The van der Waals surface area contributed by atoms with Crippen LogP contribution in [0.25, 0.3) is 0 Å². The summed E-state index contributed by atoms with van der Waals surface area (Å²) < 4.78 is 5.33. The smallest absolute Gasteiger partial charge is 0.346 e. The molecule has 0 unspecified atom stereocenters. The van der Waals surface area contributed by atoms with Crippen LogP contribution in [0.3, 0.4) is 0 Å². The SMILES string of the molecule is CC(=O)C1=NC(=O)N([C@H]2C[C@H](O)[C@@H](CO)O2)C1. The Hall–Kier alpha value is -1.31. The van der Waals surface area contributed by atoms with Gasteiger partial charge in [0.05, 0.1) is 19.3 Å². The van der Waals surface area contributed by atoms with Gasteiger partial charge in [0.1, 0.15) is 18.0 Å². The third-order valence-electron chi connectivity index (χ3n) is 2.93. The molecule has 0 aliphatic carbocycles. The first kappa shape index (κ1) is 12.2. The van der Waals surface area contributed by atoms with Gasteiger partial charge in [-0.05, 0) is 0 Å². The Kier molecular flexibility index (Phi) is 3.23. The van der Waals surface area contributed by atoms with E-state index in [4.69, 9.17) is 9.84 Å². The average Bonchev–Trinajstić information content (AvgIpc) is 2.81. The van der Waals surface area contributed by atoms with E-state index in [0.717, 1.165) is 0 Å². The Labute approximate surface area is 97.7 Å². The predicted octanol–water partition coefficient (Wildman–Crippen LogP) is -1.08. The maximum Gasteiger partial charge on any atom is 0.346 e. The summed E-state index contributed by atoms with van der Waals surface area (Å²) in [6.45, 7) is 1.14. The number of rotatable bonds is 3. The number of aliphatic hydroxyl groups is 2. The Morgan fingerprint density at radius 1 is 1.65 bits per heavy atom. The van der Waals surface area contributed by atoms with Crippen molar-refractivity contribution >= 4 is 17.5 Å². The van der Waals surface area contributed by atoms with Gasteiger partial charge < -0.3 is 14.9 Å². The van der Waals surface area contributed by atoms with Crippen molar-refractivity contribution in [2.45, 2.75) is 31.8 Å². The molecule has 0 saturated carbocycles. The topological polar surface area (TPSA) is 99.4 Å². The zero-order chi connectivity index (χ0) is 12.6. The summed E-state index contributed by atoms with van der Waals surface area (Å²) in [4.78, 5) is 27.5. The summed E-state index contributed by atoms with van der Waals surface area (Å²) >= 11 is 0. The molecule has 1 saturated heterocycles. The Morgan fingerprint density at radius 3 is 2.82 bits per heavy atom. The summed E-state index contributed by atoms with van der Waals surface area (Å²) in [6.07, 6.45) is -1.90. The van der Waals surface area contributed by atoms with Gasteiger partial charge in [-0.3, -0.25) is 9.69 Å². The summed E-state index contributed by atoms with van der Waals surface area (Å²) in [5.41, 5.74) is 0.195. The maximum absolute atomic E-state index is 11.5. The van der Waals surface area contributed by atoms with Crippen molar-refractivity contribution in [2.24, 2.45) is 4.99 Å². The molecule has 17 heavy (non-hydrogen) atoms. The van der Waals surface area contributed by atoms with E-state index in [2.05, 4.69) is 4.99 Å². The molecule has 0 bridgehead atoms. The van der Waals surface area contributed by atoms with Crippen molar-refractivity contribution in [3.05, 3.63) is 0 Å². The molecule has 2 heterocycles. The number of carbonyl (C=O) groups excluding carboxylic acids is 2. The van der Waals surface area contributed by atoms with Crippen LogP contribution in [0.4, 0.5) is 4.79 Å². The fraction of sp³-hybridized carbons (Fsp3) is 0.700. The lowest BCUT2D eigenvalue weighted by molar-refractivity contribution is -0.111. The molecular formula is C10H14N2O5. The molecule has 0 aromatic heterocycles. The third-order valence-corrected chi connectivity index (χ3v) is 2.93. The number of ether oxygens (including phenoxy) is 1. The first-order valence-corrected chi connectivity index (χ1v) is 5.36. The molecule has 0 aromatic carbocycles. The zero-order valence-corrected chi connectivity index (χ0v) is 9.37. The largest absolute Gasteiger partial charge is 0.394 e. The van der Waals surface area contributed by atoms with Crippen LogP contribution in [0, 0.1) is 0 Å².